The molecule has 0 saturated heterocycles. The summed E-state index contributed by atoms with van der Waals surface area (Å²) in [6.45, 7) is 3.90. The molecule has 114 valence electrons. The number of H-pyrrole nitrogens is 1. The van der Waals surface area contributed by atoms with Crippen LogP contribution in [0.4, 0.5) is 0 Å². The maximum absolute atomic E-state index is 8.76. The van der Waals surface area contributed by atoms with E-state index in [4.69, 9.17) is 15.7 Å². The molecule has 0 bridgehead atoms. The van der Waals surface area contributed by atoms with E-state index in [1.165, 1.54) is 0 Å². The number of oxime groups is 1. The van der Waals surface area contributed by atoms with Gasteiger partial charge in [-0.15, -0.1) is 0 Å². The van der Waals surface area contributed by atoms with Crippen molar-refractivity contribution in [1.29, 1.82) is 0 Å². The summed E-state index contributed by atoms with van der Waals surface area (Å²) in [4.78, 5) is 7.77. The number of methoxy groups -OCH3 is 1. The number of ether oxygens (including phenoxy) is 1. The molecular formula is C14H20N4O2S. The van der Waals surface area contributed by atoms with Gasteiger partial charge in [-0.2, -0.15) is 0 Å². The Morgan fingerprint density at radius 3 is 2.95 bits per heavy atom. The van der Waals surface area contributed by atoms with Crippen LogP contribution in [-0.2, 0) is 0 Å². The number of aromatic nitrogens is 2. The lowest BCUT2D eigenvalue weighted by molar-refractivity contribution is 0.307. The number of fused-ring (bicyclic) bond motifs is 1. The minimum atomic E-state index is -0.336. The fourth-order valence-corrected chi connectivity index (χ4v) is 2.98. The molecule has 0 atom stereocenters. The first-order valence-corrected chi connectivity index (χ1v) is 7.59. The highest BCUT2D eigenvalue weighted by Crippen LogP contribution is 2.27. The number of hydrogen-bond donors (Lipinski definition) is 3. The maximum Gasteiger partial charge on any atom is 0.166 e. The molecule has 0 aliphatic carbocycles. The smallest absolute Gasteiger partial charge is 0.166 e. The van der Waals surface area contributed by atoms with Crippen molar-refractivity contribution in [3.8, 4) is 5.75 Å². The van der Waals surface area contributed by atoms with Gasteiger partial charge in [0.1, 0.15) is 11.6 Å². The Hall–Kier alpha value is -1.89. The van der Waals surface area contributed by atoms with Crippen LogP contribution in [-0.4, -0.2) is 33.9 Å². The second-order valence-electron chi connectivity index (χ2n) is 5.39. The molecule has 2 rings (SSSR count). The number of nitrogens with one attached hydrogen (secondary N) is 1. The summed E-state index contributed by atoms with van der Waals surface area (Å²) in [5.74, 6) is 1.87. The van der Waals surface area contributed by atoms with Gasteiger partial charge in [-0.05, 0) is 18.6 Å². The maximum atomic E-state index is 8.76. The number of benzene rings is 1. The summed E-state index contributed by atoms with van der Waals surface area (Å²) >= 11 is 1.61. The fourth-order valence-electron chi connectivity index (χ4n) is 1.83. The van der Waals surface area contributed by atoms with Gasteiger partial charge >= 0.3 is 0 Å². The average molecular weight is 308 g/mol. The average Bonchev–Trinajstić information content (AvgIpc) is 2.87. The number of imidazole rings is 1. The largest absolute Gasteiger partial charge is 0.497 e. The number of hydrogen-bond acceptors (Lipinski definition) is 5. The second kappa shape index (κ2) is 6.26. The normalized spacial score (nSPS) is 12.8. The molecule has 0 aliphatic rings. The number of rotatable bonds is 6. The molecule has 0 spiro atoms. The third-order valence-electron chi connectivity index (χ3n) is 3.43. The Labute approximate surface area is 127 Å². The molecule has 1 aromatic heterocycles. The molecule has 7 heteroatoms. The van der Waals surface area contributed by atoms with Crippen molar-refractivity contribution < 1.29 is 9.94 Å². The van der Waals surface area contributed by atoms with Gasteiger partial charge in [-0.25, -0.2) is 4.98 Å². The summed E-state index contributed by atoms with van der Waals surface area (Å²) in [7, 11) is 1.64. The van der Waals surface area contributed by atoms with E-state index in [1.807, 2.05) is 32.0 Å². The van der Waals surface area contributed by atoms with Gasteiger partial charge in [0.25, 0.3) is 0 Å². The molecule has 4 N–H and O–H groups in total. The quantitative estimate of drug-likeness (QED) is 0.251. The van der Waals surface area contributed by atoms with Crippen LogP contribution in [0.25, 0.3) is 11.0 Å². The molecule has 1 aromatic carbocycles. The van der Waals surface area contributed by atoms with Crippen molar-refractivity contribution in [3.05, 3.63) is 18.2 Å². The van der Waals surface area contributed by atoms with Crippen molar-refractivity contribution >= 4 is 28.6 Å². The van der Waals surface area contributed by atoms with Crippen LogP contribution in [0.1, 0.15) is 20.3 Å². The minimum Gasteiger partial charge on any atom is -0.497 e. The van der Waals surface area contributed by atoms with E-state index in [-0.39, 0.29) is 11.3 Å². The van der Waals surface area contributed by atoms with Gasteiger partial charge in [-0.1, -0.05) is 30.8 Å². The van der Waals surface area contributed by atoms with Crippen LogP contribution in [0.5, 0.6) is 5.75 Å². The molecule has 0 amide bonds. The number of aromatic amines is 1. The summed E-state index contributed by atoms with van der Waals surface area (Å²) in [5.41, 5.74) is 7.20. The van der Waals surface area contributed by atoms with Crippen molar-refractivity contribution in [2.24, 2.45) is 16.3 Å². The van der Waals surface area contributed by atoms with Crippen molar-refractivity contribution in [3.63, 3.8) is 0 Å². The van der Waals surface area contributed by atoms with E-state index in [0.29, 0.717) is 0 Å². The molecular weight excluding hydrogens is 288 g/mol. The Balaban J connectivity index is 2.01. The first kappa shape index (κ1) is 15.5. The van der Waals surface area contributed by atoms with Crippen molar-refractivity contribution in [2.75, 3.05) is 12.9 Å². The lowest BCUT2D eigenvalue weighted by Crippen LogP contribution is -2.32. The molecule has 0 unspecified atom stereocenters. The first-order valence-electron chi connectivity index (χ1n) is 6.61. The molecule has 6 nitrogen and oxygen atoms in total. The molecule has 0 aliphatic heterocycles. The lowest BCUT2D eigenvalue weighted by Gasteiger charge is -2.21. The number of thioether (sulfide) groups is 1. The highest BCUT2D eigenvalue weighted by Gasteiger charge is 2.23. The summed E-state index contributed by atoms with van der Waals surface area (Å²) < 4.78 is 5.19. The van der Waals surface area contributed by atoms with Gasteiger partial charge in [0, 0.05) is 17.2 Å². The lowest BCUT2D eigenvalue weighted by atomic mass is 9.89. The summed E-state index contributed by atoms with van der Waals surface area (Å²) in [5, 5.41) is 12.7. The molecule has 0 radical (unpaired) electrons. The monoisotopic (exact) mass is 308 g/mol. The Kier molecular flexibility index (Phi) is 4.62. The zero-order valence-corrected chi connectivity index (χ0v) is 13.2. The van der Waals surface area contributed by atoms with Crippen molar-refractivity contribution in [2.45, 2.75) is 25.4 Å². The molecule has 21 heavy (non-hydrogen) atoms. The van der Waals surface area contributed by atoms with Crippen LogP contribution in [0.3, 0.4) is 0 Å². The SMILES string of the molecule is COc1ccc2nc(SCCC(C)(C)C(N)=NO)[nH]c2c1. The highest BCUT2D eigenvalue weighted by atomic mass is 32.2. The van der Waals surface area contributed by atoms with Gasteiger partial charge in [-0.3, -0.25) is 0 Å². The number of nitrogens with zero attached hydrogens (tertiary/aromatic N) is 2. The molecule has 0 fully saturated rings. The van der Waals surface area contributed by atoms with Gasteiger partial charge in [0.15, 0.2) is 5.16 Å². The van der Waals surface area contributed by atoms with Crippen LogP contribution in [0, 0.1) is 5.41 Å². The van der Waals surface area contributed by atoms with Crippen LogP contribution >= 0.6 is 11.8 Å². The Morgan fingerprint density at radius 1 is 1.52 bits per heavy atom. The van der Waals surface area contributed by atoms with E-state index >= 15 is 0 Å². The van der Waals surface area contributed by atoms with Crippen LogP contribution < -0.4 is 10.5 Å². The van der Waals surface area contributed by atoms with Crippen molar-refractivity contribution in [1.82, 2.24) is 9.97 Å². The van der Waals surface area contributed by atoms with Crippen LogP contribution in [0.2, 0.25) is 0 Å². The van der Waals surface area contributed by atoms with E-state index in [9.17, 15) is 0 Å². The summed E-state index contributed by atoms with van der Waals surface area (Å²) in [6, 6.07) is 5.74. The van der Waals surface area contributed by atoms with E-state index in [1.54, 1.807) is 18.9 Å². The van der Waals surface area contributed by atoms with E-state index in [0.717, 1.165) is 34.1 Å². The zero-order valence-electron chi connectivity index (χ0n) is 12.4. The van der Waals surface area contributed by atoms with E-state index in [2.05, 4.69) is 15.1 Å². The van der Waals surface area contributed by atoms with Gasteiger partial charge in [0.2, 0.25) is 0 Å². The third-order valence-corrected chi connectivity index (χ3v) is 4.31. The molecule has 0 saturated carbocycles. The highest BCUT2D eigenvalue weighted by molar-refractivity contribution is 7.99. The number of nitrogens with two attached hydrogens (primary N) is 1. The van der Waals surface area contributed by atoms with E-state index < -0.39 is 0 Å². The predicted molar refractivity (Wildman–Crippen MR) is 85.2 cm³/mol. The standard InChI is InChI=1S/C14H20N4O2S/c1-14(2,12(15)18-19)6-7-21-13-16-10-5-4-9(20-3)8-11(10)17-13/h4-5,8,19H,6-7H2,1-3H3,(H2,15,18)(H,16,17). The number of amidine groups is 1. The zero-order chi connectivity index (χ0) is 15.5. The van der Waals surface area contributed by atoms with Gasteiger partial charge in [0.05, 0.1) is 18.1 Å². The summed E-state index contributed by atoms with van der Waals surface area (Å²) in [6.07, 6.45) is 0.786. The predicted octanol–water partition coefficient (Wildman–Crippen LogP) is 2.83. The first-order chi connectivity index (χ1) is 9.96. The van der Waals surface area contributed by atoms with Gasteiger partial charge < -0.3 is 20.7 Å². The second-order valence-corrected chi connectivity index (χ2v) is 6.48. The Bertz CT molecular complexity index is 651. The molecule has 2 aromatic rings. The Morgan fingerprint density at radius 2 is 2.29 bits per heavy atom. The molecule has 1 heterocycles. The topological polar surface area (TPSA) is 96.5 Å². The van der Waals surface area contributed by atoms with Crippen LogP contribution in [0.15, 0.2) is 28.5 Å². The fraction of sp³-hybridized carbons (Fsp3) is 0.429. The third kappa shape index (κ3) is 3.60. The minimum absolute atomic E-state index is 0.248.